The summed E-state index contributed by atoms with van der Waals surface area (Å²) in [6, 6.07) is 10.5. The summed E-state index contributed by atoms with van der Waals surface area (Å²) in [7, 11) is 4.64. The molecule has 2 aromatic heterocycles. The molecule has 5 rings (SSSR count). The van der Waals surface area contributed by atoms with Crippen molar-refractivity contribution in [3.8, 4) is 28.5 Å². The van der Waals surface area contributed by atoms with Crippen LogP contribution in [0.2, 0.25) is 5.02 Å². The van der Waals surface area contributed by atoms with Crippen LogP contribution in [0.4, 0.5) is 5.13 Å². The number of rotatable bonds is 11. The number of nitrogens with one attached hydrogen (secondary N) is 1. The van der Waals surface area contributed by atoms with Gasteiger partial charge in [-0.3, -0.25) is 14.9 Å². The Kier molecular flexibility index (Phi) is 9.23. The second kappa shape index (κ2) is 13.0. The first-order valence-corrected chi connectivity index (χ1v) is 15.1. The lowest BCUT2D eigenvalue weighted by atomic mass is 9.86. The zero-order valence-electron chi connectivity index (χ0n) is 23.9. The highest BCUT2D eigenvalue weighted by Crippen LogP contribution is 2.43. The van der Waals surface area contributed by atoms with Crippen molar-refractivity contribution in [2.24, 2.45) is 5.92 Å². The summed E-state index contributed by atoms with van der Waals surface area (Å²) in [6.45, 7) is -0.399. The molecule has 0 saturated heterocycles. The number of carbonyl (C=O) groups is 2. The molecule has 0 bridgehead atoms. The maximum atomic E-state index is 13.7. The van der Waals surface area contributed by atoms with Crippen LogP contribution in [0.1, 0.15) is 53.9 Å². The van der Waals surface area contributed by atoms with Gasteiger partial charge in [-0.05, 0) is 37.0 Å². The molecule has 1 saturated carbocycles. The second-order valence-corrected chi connectivity index (χ2v) is 11.9. The molecule has 4 aromatic rings. The van der Waals surface area contributed by atoms with Crippen molar-refractivity contribution in [2.75, 3.05) is 26.6 Å². The number of amides is 1. The molecule has 0 atom stereocenters. The number of ether oxygens (including phenoxy) is 3. The standard InChI is InChI=1S/C31H34ClN3O6S/c1-39-23-11-7-10-19-14-22(35(29(19)23)17-27(36)37)30(38)34-31-33-28(20-15-25(41-3)21(32)16-24(20)40-2)26(42-31)13-12-18-8-5-4-6-9-18/h7,10-11,14-16,18H,4-6,8-9,12-13,17H2,1-3H3,(H,36,37)(H,33,34,38). The number of hydrogen-bond acceptors (Lipinski definition) is 7. The van der Waals surface area contributed by atoms with Gasteiger partial charge in [0.25, 0.3) is 5.91 Å². The third kappa shape index (κ3) is 6.19. The van der Waals surface area contributed by atoms with Crippen molar-refractivity contribution in [1.82, 2.24) is 9.55 Å². The molecule has 1 aliphatic rings. The molecule has 0 unspecified atom stereocenters. The highest BCUT2D eigenvalue weighted by Gasteiger charge is 2.24. The number of halogens is 1. The number of aromatic nitrogens is 2. The molecule has 2 aromatic carbocycles. The van der Waals surface area contributed by atoms with Gasteiger partial charge in [0.1, 0.15) is 29.5 Å². The fourth-order valence-electron chi connectivity index (χ4n) is 5.75. The Balaban J connectivity index is 1.53. The van der Waals surface area contributed by atoms with E-state index >= 15 is 0 Å². The number of hydrogen-bond donors (Lipinski definition) is 2. The summed E-state index contributed by atoms with van der Waals surface area (Å²) in [5.41, 5.74) is 2.16. The predicted octanol–water partition coefficient (Wildman–Crippen LogP) is 7.29. The number of aryl methyl sites for hydroxylation is 1. The summed E-state index contributed by atoms with van der Waals surface area (Å²) < 4.78 is 18.1. The zero-order valence-corrected chi connectivity index (χ0v) is 25.4. The van der Waals surface area contributed by atoms with Crippen molar-refractivity contribution >= 4 is 50.8 Å². The fraction of sp³-hybridized carbons (Fsp3) is 0.387. The molecular weight excluding hydrogens is 578 g/mol. The highest BCUT2D eigenvalue weighted by molar-refractivity contribution is 7.16. The van der Waals surface area contributed by atoms with Gasteiger partial charge < -0.3 is 23.9 Å². The molecule has 9 nitrogen and oxygen atoms in total. The highest BCUT2D eigenvalue weighted by atomic mass is 35.5. The number of carbonyl (C=O) groups excluding carboxylic acids is 1. The number of methoxy groups -OCH3 is 3. The first-order chi connectivity index (χ1) is 20.3. The molecule has 0 spiro atoms. The molecule has 0 radical (unpaired) electrons. The van der Waals surface area contributed by atoms with Crippen LogP contribution in [0.15, 0.2) is 36.4 Å². The minimum Gasteiger partial charge on any atom is -0.496 e. The van der Waals surface area contributed by atoms with Gasteiger partial charge in [0.15, 0.2) is 5.13 Å². The van der Waals surface area contributed by atoms with Crippen LogP contribution in [0.25, 0.3) is 22.2 Å². The van der Waals surface area contributed by atoms with Gasteiger partial charge in [-0.2, -0.15) is 0 Å². The lowest BCUT2D eigenvalue weighted by Crippen LogP contribution is -2.20. The summed E-state index contributed by atoms with van der Waals surface area (Å²) in [5, 5.41) is 14.1. The Morgan fingerprint density at radius 2 is 1.79 bits per heavy atom. The van der Waals surface area contributed by atoms with Gasteiger partial charge in [-0.1, -0.05) is 55.8 Å². The molecule has 2 heterocycles. The van der Waals surface area contributed by atoms with Crippen LogP contribution in [-0.2, 0) is 17.8 Å². The van der Waals surface area contributed by atoms with E-state index < -0.39 is 18.4 Å². The molecule has 1 fully saturated rings. The number of fused-ring (bicyclic) bond motifs is 1. The first-order valence-electron chi connectivity index (χ1n) is 13.9. The number of benzene rings is 2. The van der Waals surface area contributed by atoms with E-state index in [1.807, 2.05) is 12.1 Å². The van der Waals surface area contributed by atoms with E-state index in [-0.39, 0.29) is 5.69 Å². The molecular formula is C31H34ClN3O6S. The monoisotopic (exact) mass is 611 g/mol. The lowest BCUT2D eigenvalue weighted by Gasteiger charge is -2.21. The topological polar surface area (TPSA) is 112 Å². The smallest absolute Gasteiger partial charge is 0.323 e. The van der Waals surface area contributed by atoms with Gasteiger partial charge >= 0.3 is 5.97 Å². The Morgan fingerprint density at radius 1 is 1.05 bits per heavy atom. The fourth-order valence-corrected chi connectivity index (χ4v) is 6.96. The number of nitrogens with zero attached hydrogens (tertiary/aromatic N) is 2. The summed E-state index contributed by atoms with van der Waals surface area (Å²) in [4.78, 5) is 31.3. The quantitative estimate of drug-likeness (QED) is 0.183. The van der Waals surface area contributed by atoms with Crippen LogP contribution >= 0.6 is 22.9 Å². The number of carboxylic acids is 1. The van der Waals surface area contributed by atoms with Crippen LogP contribution in [0.5, 0.6) is 17.2 Å². The van der Waals surface area contributed by atoms with E-state index in [1.165, 1.54) is 55.1 Å². The third-order valence-corrected chi connectivity index (χ3v) is 9.11. The van der Waals surface area contributed by atoms with Crippen molar-refractivity contribution in [1.29, 1.82) is 0 Å². The number of carboxylic acid groups (broad SMARTS) is 1. The van der Waals surface area contributed by atoms with E-state index in [9.17, 15) is 14.7 Å². The average molecular weight is 612 g/mol. The number of thiazole rings is 1. The molecule has 2 N–H and O–H groups in total. The summed E-state index contributed by atoms with van der Waals surface area (Å²) in [5.74, 6) is 0.660. The Morgan fingerprint density at radius 3 is 2.48 bits per heavy atom. The number of aliphatic carboxylic acids is 1. The van der Waals surface area contributed by atoms with E-state index in [4.69, 9.17) is 30.8 Å². The van der Waals surface area contributed by atoms with Crippen LogP contribution in [-0.4, -0.2) is 47.9 Å². The van der Waals surface area contributed by atoms with Crippen LogP contribution in [0.3, 0.4) is 0 Å². The molecule has 1 amide bonds. The number of anilines is 1. The largest absolute Gasteiger partial charge is 0.496 e. The molecule has 222 valence electrons. The minimum absolute atomic E-state index is 0.197. The van der Waals surface area contributed by atoms with Crippen molar-refractivity contribution in [2.45, 2.75) is 51.5 Å². The van der Waals surface area contributed by atoms with Gasteiger partial charge in [-0.25, -0.2) is 4.98 Å². The van der Waals surface area contributed by atoms with E-state index in [0.717, 1.165) is 23.3 Å². The van der Waals surface area contributed by atoms with Crippen LogP contribution < -0.4 is 19.5 Å². The van der Waals surface area contributed by atoms with E-state index in [1.54, 1.807) is 38.5 Å². The maximum Gasteiger partial charge on any atom is 0.323 e. The first kappa shape index (κ1) is 29.7. The predicted molar refractivity (Wildman–Crippen MR) is 165 cm³/mol. The van der Waals surface area contributed by atoms with Gasteiger partial charge in [0.2, 0.25) is 0 Å². The molecule has 42 heavy (non-hydrogen) atoms. The molecule has 1 aliphatic carbocycles. The Labute approximate surface area is 253 Å². The zero-order chi connectivity index (χ0) is 29.8. The third-order valence-electron chi connectivity index (χ3n) is 7.78. The van der Waals surface area contributed by atoms with Crippen molar-refractivity contribution in [3.05, 3.63) is 52.0 Å². The second-order valence-electron chi connectivity index (χ2n) is 10.4. The normalized spacial score (nSPS) is 13.7. The van der Waals surface area contributed by atoms with Crippen molar-refractivity contribution < 1.29 is 28.9 Å². The van der Waals surface area contributed by atoms with Crippen LogP contribution in [0, 0.1) is 5.92 Å². The Hall–Kier alpha value is -3.76. The van der Waals surface area contributed by atoms with Gasteiger partial charge in [-0.15, -0.1) is 11.3 Å². The van der Waals surface area contributed by atoms with E-state index in [0.29, 0.717) is 49.9 Å². The van der Waals surface area contributed by atoms with Gasteiger partial charge in [0, 0.05) is 21.9 Å². The average Bonchev–Trinajstić information content (AvgIpc) is 3.57. The lowest BCUT2D eigenvalue weighted by molar-refractivity contribution is -0.137. The SMILES string of the molecule is COc1cc(-c2nc(NC(=O)c3cc4cccc(OC)c4n3CC(=O)O)sc2CCC2CCCCC2)c(OC)cc1Cl. The number of para-hydroxylation sites is 1. The van der Waals surface area contributed by atoms with E-state index in [2.05, 4.69) is 5.32 Å². The summed E-state index contributed by atoms with van der Waals surface area (Å²) in [6.07, 6.45) is 8.11. The minimum atomic E-state index is -1.07. The molecule has 11 heteroatoms. The molecule has 0 aliphatic heterocycles. The maximum absolute atomic E-state index is 13.7. The van der Waals surface area contributed by atoms with Gasteiger partial charge in [0.05, 0.1) is 37.6 Å². The van der Waals surface area contributed by atoms with Crippen molar-refractivity contribution in [3.63, 3.8) is 0 Å². The summed E-state index contributed by atoms with van der Waals surface area (Å²) >= 11 is 7.80. The Bertz CT molecular complexity index is 1610.